The van der Waals surface area contributed by atoms with E-state index in [0.717, 1.165) is 31.4 Å². The predicted molar refractivity (Wildman–Crippen MR) is 135 cm³/mol. The first-order chi connectivity index (χ1) is 16.1. The minimum absolute atomic E-state index is 0.0742. The number of sulfone groups is 1. The number of unbranched alkanes of at least 4 members (excludes halogenated alkanes) is 2. The Labute approximate surface area is 202 Å². The number of anilines is 1. The zero-order valence-corrected chi connectivity index (χ0v) is 21.3. The summed E-state index contributed by atoms with van der Waals surface area (Å²) >= 11 is 0. The van der Waals surface area contributed by atoms with Crippen molar-refractivity contribution in [1.82, 2.24) is 0 Å². The molecule has 1 N–H and O–H groups in total. The van der Waals surface area contributed by atoms with Gasteiger partial charge in [-0.15, -0.1) is 0 Å². The largest absolute Gasteiger partial charge is 0.392 e. The average molecular weight is 489 g/mol. The van der Waals surface area contributed by atoms with Gasteiger partial charge in [0, 0.05) is 43.2 Å². The minimum Gasteiger partial charge on any atom is -0.392 e. The standard InChI is InChI=1S/C26H36N2O5S/c1-5-7-14-26(15-8-6-2)18-34(32,33)23-13-12-20(27(3)4)17-22(23)24(25(26)29)19-10-9-11-21(16-19)28(30)31/h9-13,16-17,24-25,29H,5-8,14-15,18H2,1-4H3/t24-,25-/m1/s1. The first kappa shape index (κ1) is 26.2. The number of nitro benzene ring substituents is 1. The zero-order valence-electron chi connectivity index (χ0n) is 20.5. The highest BCUT2D eigenvalue weighted by Gasteiger charge is 2.49. The van der Waals surface area contributed by atoms with Crippen molar-refractivity contribution in [2.75, 3.05) is 24.7 Å². The molecule has 1 aliphatic heterocycles. The molecule has 2 aromatic carbocycles. The predicted octanol–water partition coefficient (Wildman–Crippen LogP) is 5.31. The normalized spacial score (nSPS) is 20.9. The molecule has 1 aliphatic rings. The maximum absolute atomic E-state index is 13.8. The zero-order chi connectivity index (χ0) is 25.1. The Morgan fingerprint density at radius 2 is 1.74 bits per heavy atom. The van der Waals surface area contributed by atoms with Gasteiger partial charge in [0.1, 0.15) is 0 Å². The Bertz CT molecular complexity index is 1120. The van der Waals surface area contributed by atoms with Gasteiger partial charge in [-0.05, 0) is 42.2 Å². The Hall–Kier alpha value is -2.45. The van der Waals surface area contributed by atoms with E-state index in [4.69, 9.17) is 0 Å². The Morgan fingerprint density at radius 3 is 2.29 bits per heavy atom. The molecule has 0 bridgehead atoms. The minimum atomic E-state index is -3.70. The highest BCUT2D eigenvalue weighted by atomic mass is 32.2. The van der Waals surface area contributed by atoms with Gasteiger partial charge >= 0.3 is 0 Å². The second kappa shape index (κ2) is 10.4. The molecule has 1 heterocycles. The van der Waals surface area contributed by atoms with Gasteiger partial charge in [0.2, 0.25) is 0 Å². The fourth-order valence-corrected chi connectivity index (χ4v) is 7.41. The van der Waals surface area contributed by atoms with Crippen LogP contribution in [0.3, 0.4) is 0 Å². The van der Waals surface area contributed by atoms with Gasteiger partial charge in [-0.2, -0.15) is 0 Å². The molecule has 0 unspecified atom stereocenters. The van der Waals surface area contributed by atoms with Gasteiger partial charge in [-0.3, -0.25) is 10.1 Å². The molecule has 3 rings (SSSR count). The molecule has 0 saturated carbocycles. The van der Waals surface area contributed by atoms with Crippen LogP contribution in [0.2, 0.25) is 0 Å². The fraction of sp³-hybridized carbons (Fsp3) is 0.538. The smallest absolute Gasteiger partial charge is 0.269 e. The molecule has 186 valence electrons. The van der Waals surface area contributed by atoms with Crippen molar-refractivity contribution in [1.29, 1.82) is 0 Å². The van der Waals surface area contributed by atoms with Gasteiger partial charge in [-0.1, -0.05) is 51.7 Å². The molecule has 7 nitrogen and oxygen atoms in total. The molecule has 0 saturated heterocycles. The maximum Gasteiger partial charge on any atom is 0.269 e. The number of hydrogen-bond donors (Lipinski definition) is 1. The number of hydrogen-bond acceptors (Lipinski definition) is 6. The number of fused-ring (bicyclic) bond motifs is 1. The Morgan fingerprint density at radius 1 is 1.09 bits per heavy atom. The number of aliphatic hydroxyl groups excluding tert-OH is 1. The lowest BCUT2D eigenvalue weighted by Crippen LogP contribution is -2.43. The monoisotopic (exact) mass is 488 g/mol. The summed E-state index contributed by atoms with van der Waals surface area (Å²) < 4.78 is 27.6. The van der Waals surface area contributed by atoms with E-state index in [1.165, 1.54) is 12.1 Å². The van der Waals surface area contributed by atoms with Crippen molar-refractivity contribution < 1.29 is 18.4 Å². The second-order valence-electron chi connectivity index (χ2n) is 9.72. The Balaban J connectivity index is 2.34. The fourth-order valence-electron chi connectivity index (χ4n) is 5.22. The summed E-state index contributed by atoms with van der Waals surface area (Å²) in [6.45, 7) is 4.11. The van der Waals surface area contributed by atoms with Crippen LogP contribution in [0.4, 0.5) is 11.4 Å². The van der Waals surface area contributed by atoms with Crippen molar-refractivity contribution in [3.05, 3.63) is 63.7 Å². The van der Waals surface area contributed by atoms with Crippen LogP contribution in [-0.4, -0.2) is 44.4 Å². The van der Waals surface area contributed by atoms with Gasteiger partial charge in [0.25, 0.3) is 5.69 Å². The van der Waals surface area contributed by atoms with Gasteiger partial charge in [-0.25, -0.2) is 8.42 Å². The van der Waals surface area contributed by atoms with E-state index < -0.39 is 32.2 Å². The van der Waals surface area contributed by atoms with Crippen LogP contribution in [0.25, 0.3) is 0 Å². The van der Waals surface area contributed by atoms with E-state index in [1.807, 2.05) is 25.1 Å². The number of rotatable bonds is 9. The van der Waals surface area contributed by atoms with Crippen LogP contribution in [0.15, 0.2) is 47.4 Å². The summed E-state index contributed by atoms with van der Waals surface area (Å²) in [6, 6.07) is 11.5. The van der Waals surface area contributed by atoms with Crippen molar-refractivity contribution in [3.63, 3.8) is 0 Å². The molecule has 0 spiro atoms. The van der Waals surface area contributed by atoms with Gasteiger partial charge in [0.15, 0.2) is 9.84 Å². The molecule has 2 aromatic rings. The summed E-state index contributed by atoms with van der Waals surface area (Å²) in [5, 5.41) is 23.6. The number of benzene rings is 2. The molecule has 2 atom stereocenters. The first-order valence-corrected chi connectivity index (χ1v) is 13.7. The van der Waals surface area contributed by atoms with E-state index in [0.29, 0.717) is 24.0 Å². The quantitative estimate of drug-likeness (QED) is 0.379. The number of nitrogens with zero attached hydrogens (tertiary/aromatic N) is 2. The van der Waals surface area contributed by atoms with Crippen LogP contribution in [0, 0.1) is 15.5 Å². The summed E-state index contributed by atoms with van der Waals surface area (Å²) in [4.78, 5) is 13.2. The van der Waals surface area contributed by atoms with E-state index in [-0.39, 0.29) is 16.3 Å². The third kappa shape index (κ3) is 5.13. The topological polar surface area (TPSA) is 101 Å². The highest BCUT2D eigenvalue weighted by molar-refractivity contribution is 7.91. The van der Waals surface area contributed by atoms with Crippen LogP contribution in [0.1, 0.15) is 69.4 Å². The van der Waals surface area contributed by atoms with E-state index in [2.05, 4.69) is 13.8 Å². The Kier molecular flexibility index (Phi) is 8.03. The molecule has 0 aromatic heterocycles. The molecular formula is C26H36N2O5S. The van der Waals surface area contributed by atoms with Crippen molar-refractivity contribution in [3.8, 4) is 0 Å². The van der Waals surface area contributed by atoms with Gasteiger partial charge in [0.05, 0.1) is 21.7 Å². The molecule has 8 heteroatoms. The van der Waals surface area contributed by atoms with Crippen molar-refractivity contribution in [2.24, 2.45) is 5.41 Å². The average Bonchev–Trinajstić information content (AvgIpc) is 2.87. The van der Waals surface area contributed by atoms with Crippen LogP contribution < -0.4 is 4.90 Å². The van der Waals surface area contributed by atoms with Crippen LogP contribution >= 0.6 is 0 Å². The maximum atomic E-state index is 13.8. The second-order valence-corrected chi connectivity index (χ2v) is 11.7. The molecule has 0 aliphatic carbocycles. The van der Waals surface area contributed by atoms with Crippen molar-refractivity contribution in [2.45, 2.75) is 69.3 Å². The van der Waals surface area contributed by atoms with E-state index >= 15 is 0 Å². The summed E-state index contributed by atoms with van der Waals surface area (Å²) in [5.41, 5.74) is 0.973. The highest BCUT2D eigenvalue weighted by Crippen LogP contribution is 2.50. The first-order valence-electron chi connectivity index (χ1n) is 12.0. The molecule has 34 heavy (non-hydrogen) atoms. The van der Waals surface area contributed by atoms with Gasteiger partial charge < -0.3 is 10.0 Å². The third-order valence-electron chi connectivity index (χ3n) is 7.10. The SMILES string of the molecule is CCCCC1(CCCC)CS(=O)(=O)c2ccc(N(C)C)cc2[C@@H](c2cccc([N+](=O)[O-])c2)[C@H]1O. The molecular weight excluding hydrogens is 452 g/mol. The lowest BCUT2D eigenvalue weighted by atomic mass is 9.68. The summed E-state index contributed by atoms with van der Waals surface area (Å²) in [5.74, 6) is -0.818. The van der Waals surface area contributed by atoms with E-state index in [1.54, 1.807) is 24.3 Å². The lowest BCUT2D eigenvalue weighted by molar-refractivity contribution is -0.384. The molecule has 0 amide bonds. The van der Waals surface area contributed by atoms with E-state index in [9.17, 15) is 23.6 Å². The third-order valence-corrected chi connectivity index (χ3v) is 9.09. The number of aliphatic hydroxyl groups is 1. The number of nitro groups is 1. The number of non-ortho nitro benzene ring substituents is 1. The summed E-state index contributed by atoms with van der Waals surface area (Å²) in [6.07, 6.45) is 3.56. The molecule has 0 fully saturated rings. The van der Waals surface area contributed by atoms with Crippen molar-refractivity contribution >= 4 is 21.2 Å². The van der Waals surface area contributed by atoms with Crippen LogP contribution in [-0.2, 0) is 9.84 Å². The summed E-state index contributed by atoms with van der Waals surface area (Å²) in [7, 11) is 0.0450. The lowest BCUT2D eigenvalue weighted by Gasteiger charge is -2.40. The molecule has 0 radical (unpaired) electrons. The van der Waals surface area contributed by atoms with Crippen LogP contribution in [0.5, 0.6) is 0 Å².